The molecule has 1 unspecified atom stereocenters. The van der Waals surface area contributed by atoms with Gasteiger partial charge in [-0.05, 0) is 49.7 Å². The predicted molar refractivity (Wildman–Crippen MR) is 117 cm³/mol. The highest BCUT2D eigenvalue weighted by molar-refractivity contribution is 8.78. The normalized spacial score (nSPS) is 27.1. The summed E-state index contributed by atoms with van der Waals surface area (Å²) in [4.78, 5) is -0.358. The Bertz CT molecular complexity index is 534. The van der Waals surface area contributed by atoms with E-state index in [0.29, 0.717) is 0 Å². The van der Waals surface area contributed by atoms with E-state index in [9.17, 15) is 4.21 Å². The smallest absolute Gasteiger partial charge is 0.132 e. The Labute approximate surface area is 169 Å². The highest BCUT2D eigenvalue weighted by Crippen LogP contribution is 2.56. The van der Waals surface area contributed by atoms with Gasteiger partial charge in [-0.25, -0.2) is 0 Å². The molecular formula is C18H32Cl2OS3. The summed E-state index contributed by atoms with van der Waals surface area (Å²) in [6.45, 7) is 21.4. The van der Waals surface area contributed by atoms with Crippen molar-refractivity contribution in [2.75, 3.05) is 0 Å². The summed E-state index contributed by atoms with van der Waals surface area (Å²) in [5, 5.41) is 0. The third-order valence-corrected chi connectivity index (χ3v) is 12.0. The number of hydrogen-bond donors (Lipinski definition) is 0. The van der Waals surface area contributed by atoms with Gasteiger partial charge in [0.2, 0.25) is 0 Å². The van der Waals surface area contributed by atoms with Gasteiger partial charge in [0.05, 0.1) is 15.7 Å². The summed E-state index contributed by atoms with van der Waals surface area (Å²) in [7, 11) is 2.26. The number of halogens is 2. The van der Waals surface area contributed by atoms with Gasteiger partial charge in [0.1, 0.15) is 9.29 Å². The topological polar surface area (TPSA) is 17.1 Å². The van der Waals surface area contributed by atoms with Crippen LogP contribution in [0.4, 0.5) is 0 Å². The summed E-state index contributed by atoms with van der Waals surface area (Å²) in [6, 6.07) is 0. The average molecular weight is 432 g/mol. The molecule has 1 nitrogen and oxygen atoms in total. The van der Waals surface area contributed by atoms with E-state index >= 15 is 0 Å². The van der Waals surface area contributed by atoms with Crippen molar-refractivity contribution in [2.45, 2.75) is 88.1 Å². The molecular weight excluding hydrogens is 399 g/mol. The number of alkyl halides is 2. The molecule has 0 saturated carbocycles. The molecule has 0 amide bonds. The van der Waals surface area contributed by atoms with Crippen LogP contribution in [-0.2, 0) is 10.8 Å². The molecule has 1 rings (SSSR count). The highest BCUT2D eigenvalue weighted by atomic mass is 35.5. The van der Waals surface area contributed by atoms with Crippen LogP contribution < -0.4 is 0 Å². The molecule has 1 aliphatic rings. The molecule has 6 heteroatoms. The second-order valence-corrected chi connectivity index (χ2v) is 15.9. The molecule has 24 heavy (non-hydrogen) atoms. The molecule has 142 valence electrons. The lowest BCUT2D eigenvalue weighted by atomic mass is 9.76. The maximum atomic E-state index is 13.1. The molecule has 0 N–H and O–H groups in total. The molecule has 0 aromatic carbocycles. The first kappa shape index (κ1) is 23.2. The van der Waals surface area contributed by atoms with Gasteiger partial charge in [-0.3, -0.25) is 4.21 Å². The van der Waals surface area contributed by atoms with Crippen LogP contribution in [0, 0.1) is 10.8 Å². The minimum absolute atomic E-state index is 0.0687. The lowest BCUT2D eigenvalue weighted by Gasteiger charge is -2.37. The second kappa shape index (κ2) is 7.30. The Morgan fingerprint density at radius 2 is 1.29 bits per heavy atom. The Balaban J connectivity index is 3.27. The van der Waals surface area contributed by atoms with E-state index in [4.69, 9.17) is 23.2 Å². The largest absolute Gasteiger partial charge is 0.256 e. The van der Waals surface area contributed by atoms with Gasteiger partial charge in [-0.2, -0.15) is 0 Å². The lowest BCUT2D eigenvalue weighted by Crippen LogP contribution is -2.37. The highest BCUT2D eigenvalue weighted by Gasteiger charge is 2.48. The van der Waals surface area contributed by atoms with Crippen LogP contribution in [0.1, 0.15) is 69.2 Å². The van der Waals surface area contributed by atoms with E-state index in [1.165, 1.54) is 5.57 Å². The fourth-order valence-corrected chi connectivity index (χ4v) is 9.97. The van der Waals surface area contributed by atoms with Crippen LogP contribution >= 0.6 is 44.8 Å². The van der Waals surface area contributed by atoms with Crippen molar-refractivity contribution in [1.29, 1.82) is 0 Å². The SMILES string of the molecule is CC(C)(C)C1=C(C(C)(C)C)[C@@H](SSC(C)(C)C(C)(C)Cl)S(=O)[C@@H]1Cl. The number of rotatable bonds is 4. The van der Waals surface area contributed by atoms with Gasteiger partial charge in [-0.1, -0.05) is 63.1 Å². The maximum Gasteiger partial charge on any atom is 0.132 e. The van der Waals surface area contributed by atoms with Gasteiger partial charge in [0.25, 0.3) is 0 Å². The zero-order valence-corrected chi connectivity index (χ0v) is 20.5. The molecule has 0 aromatic rings. The minimum atomic E-state index is -1.13. The van der Waals surface area contributed by atoms with Gasteiger partial charge in [0.15, 0.2) is 0 Å². The summed E-state index contributed by atoms with van der Waals surface area (Å²) in [5.41, 5.74) is 2.23. The van der Waals surface area contributed by atoms with Crippen LogP contribution in [0.15, 0.2) is 11.1 Å². The van der Waals surface area contributed by atoms with Crippen molar-refractivity contribution in [3.8, 4) is 0 Å². The van der Waals surface area contributed by atoms with E-state index in [1.54, 1.807) is 21.6 Å². The zero-order chi connectivity index (χ0) is 19.3. The third-order valence-electron chi connectivity index (χ3n) is 4.56. The van der Waals surface area contributed by atoms with Crippen molar-refractivity contribution < 1.29 is 4.21 Å². The summed E-state index contributed by atoms with van der Waals surface area (Å²) in [5.74, 6) is 0. The molecule has 0 saturated heterocycles. The summed E-state index contributed by atoms with van der Waals surface area (Å²) in [6.07, 6.45) is 0. The molecule has 1 aliphatic heterocycles. The van der Waals surface area contributed by atoms with Crippen molar-refractivity contribution in [3.05, 3.63) is 11.1 Å². The van der Waals surface area contributed by atoms with Crippen molar-refractivity contribution in [3.63, 3.8) is 0 Å². The van der Waals surface area contributed by atoms with Crippen molar-refractivity contribution >= 4 is 55.6 Å². The minimum Gasteiger partial charge on any atom is -0.256 e. The Morgan fingerprint density at radius 1 is 0.875 bits per heavy atom. The molecule has 0 spiro atoms. The van der Waals surface area contributed by atoms with Crippen LogP contribution in [0.25, 0.3) is 0 Å². The molecule has 0 aromatic heterocycles. The van der Waals surface area contributed by atoms with Crippen LogP contribution in [0.5, 0.6) is 0 Å². The number of hydrogen-bond acceptors (Lipinski definition) is 3. The Hall–Kier alpha value is 1.17. The van der Waals surface area contributed by atoms with E-state index in [0.717, 1.165) is 5.57 Å². The van der Waals surface area contributed by atoms with E-state index in [-0.39, 0.29) is 25.0 Å². The monoisotopic (exact) mass is 430 g/mol. The Kier molecular flexibility index (Phi) is 7.06. The molecule has 3 atom stereocenters. The lowest BCUT2D eigenvalue weighted by molar-refractivity contribution is 0.447. The van der Waals surface area contributed by atoms with Crippen molar-refractivity contribution in [2.24, 2.45) is 10.8 Å². The van der Waals surface area contributed by atoms with E-state index < -0.39 is 15.5 Å². The molecule has 0 radical (unpaired) electrons. The van der Waals surface area contributed by atoms with Gasteiger partial charge in [0, 0.05) is 4.75 Å². The Morgan fingerprint density at radius 3 is 1.62 bits per heavy atom. The van der Waals surface area contributed by atoms with Gasteiger partial charge in [-0.15, -0.1) is 23.2 Å². The first-order valence-corrected chi connectivity index (χ1v) is 12.5. The van der Waals surface area contributed by atoms with Crippen LogP contribution in [0.3, 0.4) is 0 Å². The van der Waals surface area contributed by atoms with Gasteiger partial charge < -0.3 is 0 Å². The third kappa shape index (κ3) is 4.91. The fourth-order valence-electron chi connectivity index (χ4n) is 2.44. The summed E-state index contributed by atoms with van der Waals surface area (Å²) >= 11 is 13.2. The standard InChI is InChI=1S/C18H32Cl2OS3/c1-15(2,3)11-12(16(4,5)6)14(24(21)13(11)19)22-23-18(9,10)17(7,8)20/h13-14H,1-10H3/t13-,14-,24?/m0/s1. The molecule has 0 aliphatic carbocycles. The van der Waals surface area contributed by atoms with E-state index in [1.807, 2.05) is 13.8 Å². The molecule has 1 heterocycles. The predicted octanol–water partition coefficient (Wildman–Crippen LogP) is 7.21. The van der Waals surface area contributed by atoms with Crippen LogP contribution in [-0.4, -0.2) is 23.1 Å². The first-order valence-electron chi connectivity index (χ1n) is 8.23. The average Bonchev–Trinajstić information content (AvgIpc) is 2.58. The van der Waals surface area contributed by atoms with Gasteiger partial charge >= 0.3 is 0 Å². The van der Waals surface area contributed by atoms with Crippen LogP contribution in [0.2, 0.25) is 0 Å². The molecule has 0 bridgehead atoms. The van der Waals surface area contributed by atoms with E-state index in [2.05, 4.69) is 55.4 Å². The fraction of sp³-hybridized carbons (Fsp3) is 0.889. The first-order chi connectivity index (χ1) is 10.4. The second-order valence-electron chi connectivity index (χ2n) is 9.47. The quantitative estimate of drug-likeness (QED) is 0.266. The summed E-state index contributed by atoms with van der Waals surface area (Å²) < 4.78 is 12.4. The zero-order valence-electron chi connectivity index (χ0n) is 16.5. The molecule has 0 fully saturated rings. The maximum absolute atomic E-state index is 13.1. The van der Waals surface area contributed by atoms with Crippen molar-refractivity contribution in [1.82, 2.24) is 0 Å².